The second kappa shape index (κ2) is 2.59. The quantitative estimate of drug-likeness (QED) is 0.663. The lowest BCUT2D eigenvalue weighted by Gasteiger charge is -2.62. The first-order valence-corrected chi connectivity index (χ1v) is 5.66. The Labute approximate surface area is 92.7 Å². The number of hydrogen-bond donors (Lipinski definition) is 0. The van der Waals surface area contributed by atoms with E-state index in [1.165, 1.54) is 6.26 Å². The number of hydrogen-bond acceptors (Lipinski definition) is 1. The van der Waals surface area contributed by atoms with Gasteiger partial charge in [0, 0.05) is 38.5 Å². The maximum atomic E-state index is 14.3. The van der Waals surface area contributed by atoms with Gasteiger partial charge >= 0.3 is 0 Å². The van der Waals surface area contributed by atoms with Crippen LogP contribution >= 0.6 is 0 Å². The molecular weight excluding hydrogens is 217 g/mol. The fourth-order valence-electron chi connectivity index (χ4n) is 4.49. The Hall–Kier alpha value is -0.670. The van der Waals surface area contributed by atoms with Crippen molar-refractivity contribution in [1.29, 1.82) is 0 Å². The summed E-state index contributed by atoms with van der Waals surface area (Å²) in [7, 11) is 0. The van der Waals surface area contributed by atoms with Crippen LogP contribution in [0.15, 0.2) is 12.8 Å². The van der Waals surface area contributed by atoms with E-state index in [4.69, 9.17) is 4.74 Å². The Morgan fingerprint density at radius 3 is 1.50 bits per heavy atom. The smallest absolute Gasteiger partial charge is 0.121 e. The average molecular weight is 232 g/mol. The summed E-state index contributed by atoms with van der Waals surface area (Å²) in [6, 6.07) is 0. The van der Waals surface area contributed by atoms with E-state index in [2.05, 4.69) is 6.58 Å². The molecule has 4 bridgehead atoms. The van der Waals surface area contributed by atoms with Gasteiger partial charge in [0.05, 0.1) is 6.26 Å². The Balaban J connectivity index is 2.03. The highest BCUT2D eigenvalue weighted by atomic mass is 19.2. The van der Waals surface area contributed by atoms with E-state index in [1.54, 1.807) is 0 Å². The van der Waals surface area contributed by atoms with Crippen molar-refractivity contribution < 1.29 is 17.9 Å². The molecule has 0 amide bonds. The van der Waals surface area contributed by atoms with Crippen molar-refractivity contribution in [2.45, 2.75) is 61.1 Å². The van der Waals surface area contributed by atoms with Gasteiger partial charge in [-0.25, -0.2) is 13.2 Å². The standard InChI is InChI=1S/C12H15F3O/c1-2-16-12-6-9(13)3-10(14,7-12)5-11(15,4-9)8-12/h2H,1,3-8H2. The zero-order valence-corrected chi connectivity index (χ0v) is 9.07. The molecule has 90 valence electrons. The minimum absolute atomic E-state index is 0.101. The van der Waals surface area contributed by atoms with E-state index in [0.717, 1.165) is 0 Å². The molecule has 4 aliphatic rings. The van der Waals surface area contributed by atoms with Crippen LogP contribution in [0.2, 0.25) is 0 Å². The maximum Gasteiger partial charge on any atom is 0.121 e. The molecule has 4 saturated carbocycles. The molecule has 0 aliphatic heterocycles. The molecule has 1 nitrogen and oxygen atoms in total. The van der Waals surface area contributed by atoms with E-state index in [0.29, 0.717) is 0 Å². The molecule has 4 aliphatic carbocycles. The van der Waals surface area contributed by atoms with Crippen LogP contribution in [0.4, 0.5) is 13.2 Å². The molecule has 16 heavy (non-hydrogen) atoms. The first kappa shape index (κ1) is 10.5. The fourth-order valence-corrected chi connectivity index (χ4v) is 4.49. The second-order valence-corrected chi connectivity index (χ2v) is 5.98. The van der Waals surface area contributed by atoms with E-state index < -0.39 is 22.6 Å². The van der Waals surface area contributed by atoms with Gasteiger partial charge in [-0.2, -0.15) is 0 Å². The molecule has 0 unspecified atom stereocenters. The second-order valence-electron chi connectivity index (χ2n) is 5.98. The van der Waals surface area contributed by atoms with Crippen molar-refractivity contribution in [2.24, 2.45) is 0 Å². The van der Waals surface area contributed by atoms with E-state index in [-0.39, 0.29) is 38.5 Å². The zero-order chi connectivity index (χ0) is 11.7. The van der Waals surface area contributed by atoms with Crippen LogP contribution in [-0.2, 0) is 4.74 Å². The van der Waals surface area contributed by atoms with Gasteiger partial charge in [-0.1, -0.05) is 6.58 Å². The first-order chi connectivity index (χ1) is 7.30. The van der Waals surface area contributed by atoms with Crippen LogP contribution in [0.25, 0.3) is 0 Å². The van der Waals surface area contributed by atoms with E-state index in [1.807, 2.05) is 0 Å². The van der Waals surface area contributed by atoms with Crippen LogP contribution in [0.5, 0.6) is 0 Å². The highest BCUT2D eigenvalue weighted by Crippen LogP contribution is 2.65. The van der Waals surface area contributed by atoms with Crippen LogP contribution in [0.1, 0.15) is 38.5 Å². The molecule has 4 heteroatoms. The minimum atomic E-state index is -1.73. The normalized spacial score (nSPS) is 58.7. The van der Waals surface area contributed by atoms with Gasteiger partial charge in [0.25, 0.3) is 0 Å². The number of alkyl halides is 3. The van der Waals surface area contributed by atoms with Gasteiger partial charge in [-0.3, -0.25) is 0 Å². The molecule has 0 radical (unpaired) electrons. The molecule has 0 atom stereocenters. The predicted octanol–water partition coefficient (Wildman–Crippen LogP) is 3.39. The summed E-state index contributed by atoms with van der Waals surface area (Å²) in [6.07, 6.45) is 0.967. The molecule has 0 aromatic rings. The van der Waals surface area contributed by atoms with E-state index in [9.17, 15) is 13.2 Å². The molecule has 0 heterocycles. The van der Waals surface area contributed by atoms with Crippen molar-refractivity contribution in [3.63, 3.8) is 0 Å². The van der Waals surface area contributed by atoms with Crippen LogP contribution in [-0.4, -0.2) is 22.6 Å². The van der Waals surface area contributed by atoms with Gasteiger partial charge in [-0.15, -0.1) is 0 Å². The Bertz CT molecular complexity index is 301. The average Bonchev–Trinajstić information content (AvgIpc) is 1.91. The zero-order valence-electron chi connectivity index (χ0n) is 9.07. The summed E-state index contributed by atoms with van der Waals surface area (Å²) in [5.74, 6) is 0. The molecule has 0 aromatic carbocycles. The maximum absolute atomic E-state index is 14.3. The van der Waals surface area contributed by atoms with Crippen molar-refractivity contribution in [1.82, 2.24) is 0 Å². The molecule has 4 rings (SSSR count). The van der Waals surface area contributed by atoms with Crippen molar-refractivity contribution in [3.8, 4) is 0 Å². The molecule has 4 fully saturated rings. The largest absolute Gasteiger partial charge is 0.495 e. The number of rotatable bonds is 2. The minimum Gasteiger partial charge on any atom is -0.495 e. The van der Waals surface area contributed by atoms with Gasteiger partial charge in [0.15, 0.2) is 0 Å². The molecule has 0 aromatic heterocycles. The third-order valence-electron chi connectivity index (χ3n) is 4.15. The molecular formula is C12H15F3O. The van der Waals surface area contributed by atoms with Crippen molar-refractivity contribution >= 4 is 0 Å². The summed E-state index contributed by atoms with van der Waals surface area (Å²) in [4.78, 5) is 0. The van der Waals surface area contributed by atoms with E-state index >= 15 is 0 Å². The van der Waals surface area contributed by atoms with Crippen LogP contribution < -0.4 is 0 Å². The van der Waals surface area contributed by atoms with Crippen LogP contribution in [0, 0.1) is 0 Å². The van der Waals surface area contributed by atoms with Crippen molar-refractivity contribution in [3.05, 3.63) is 12.8 Å². The highest BCUT2D eigenvalue weighted by molar-refractivity contribution is 5.22. The third-order valence-corrected chi connectivity index (χ3v) is 4.15. The van der Waals surface area contributed by atoms with Gasteiger partial charge in [-0.05, 0) is 0 Å². The fraction of sp³-hybridized carbons (Fsp3) is 0.833. The van der Waals surface area contributed by atoms with Gasteiger partial charge in [0.1, 0.15) is 22.6 Å². The van der Waals surface area contributed by atoms with Crippen molar-refractivity contribution in [2.75, 3.05) is 0 Å². The van der Waals surface area contributed by atoms with Crippen LogP contribution in [0.3, 0.4) is 0 Å². The lowest BCUT2D eigenvalue weighted by molar-refractivity contribution is -0.244. The summed E-state index contributed by atoms with van der Waals surface area (Å²) in [6.45, 7) is 3.42. The molecule has 0 spiro atoms. The predicted molar refractivity (Wildman–Crippen MR) is 53.2 cm³/mol. The number of halogens is 3. The van der Waals surface area contributed by atoms with Gasteiger partial charge in [0.2, 0.25) is 0 Å². The Morgan fingerprint density at radius 1 is 0.812 bits per heavy atom. The lowest BCUT2D eigenvalue weighted by atomic mass is 9.50. The summed E-state index contributed by atoms with van der Waals surface area (Å²) >= 11 is 0. The summed E-state index contributed by atoms with van der Waals surface area (Å²) < 4.78 is 48.3. The SMILES string of the molecule is C=COC12CC3(F)CC(F)(CC(F)(C3)C1)C2. The third kappa shape index (κ3) is 1.31. The monoisotopic (exact) mass is 232 g/mol. The topological polar surface area (TPSA) is 9.23 Å². The lowest BCUT2D eigenvalue weighted by Crippen LogP contribution is -2.68. The first-order valence-electron chi connectivity index (χ1n) is 5.66. The Morgan fingerprint density at radius 2 is 1.19 bits per heavy atom. The summed E-state index contributed by atoms with van der Waals surface area (Å²) in [5, 5.41) is 0. The molecule has 0 saturated heterocycles. The summed E-state index contributed by atoms with van der Waals surface area (Å²) in [5.41, 5.74) is -6.21. The van der Waals surface area contributed by atoms with Gasteiger partial charge < -0.3 is 4.74 Å². The number of ether oxygens (including phenoxy) is 1. The Kier molecular flexibility index (Phi) is 1.70. The highest BCUT2D eigenvalue weighted by Gasteiger charge is 2.71. The molecule has 0 N–H and O–H groups in total.